The van der Waals surface area contributed by atoms with Crippen LogP contribution < -0.4 is 27.2 Å². The Kier molecular flexibility index (Phi) is 22.7. The minimum absolute atomic E-state index is 0.393. The van der Waals surface area contributed by atoms with Gasteiger partial charge in [-0.25, -0.2) is 17.6 Å². The maximum Gasteiger partial charge on any atom is 0.122 e. The molecule has 4 rings (SSSR count). The van der Waals surface area contributed by atoms with E-state index in [0.29, 0.717) is 0 Å². The Morgan fingerprint density at radius 3 is 0.741 bits per heavy atom. The fourth-order valence-corrected chi connectivity index (χ4v) is 7.86. The van der Waals surface area contributed by atoms with E-state index in [2.05, 4.69) is 19.2 Å². The van der Waals surface area contributed by atoms with E-state index < -0.39 is 29.4 Å². The van der Waals surface area contributed by atoms with Crippen LogP contribution in [0.3, 0.4) is 0 Å². The van der Waals surface area contributed by atoms with Gasteiger partial charge in [0.05, 0.1) is 13.1 Å². The molecule has 0 saturated carbocycles. The molecule has 2 N–H and O–H groups in total. The highest BCUT2D eigenvalue weighted by Gasteiger charge is 2.32. The Morgan fingerprint density at radius 1 is 0.315 bits per heavy atom. The van der Waals surface area contributed by atoms with Gasteiger partial charge in [-0.3, -0.25) is 0 Å². The summed E-state index contributed by atoms with van der Waals surface area (Å²) in [4.78, 5) is 0. The predicted molar refractivity (Wildman–Crippen MR) is 225 cm³/mol. The normalized spacial score (nSPS) is 11.4. The maximum absolute atomic E-state index is 13.7. The molecule has 0 aliphatic carbocycles. The first-order valence-corrected chi connectivity index (χ1v) is 21.4. The summed E-state index contributed by atoms with van der Waals surface area (Å²) >= 11 is 0. The average molecular weight is 746 g/mol. The molecule has 0 saturated heterocycles. The highest BCUT2D eigenvalue weighted by molar-refractivity contribution is 7.19. The van der Waals surface area contributed by atoms with Crippen LogP contribution in [0.15, 0.2) is 97.1 Å². The van der Waals surface area contributed by atoms with Crippen LogP contribution in [0.5, 0.6) is 0 Å². The van der Waals surface area contributed by atoms with E-state index in [4.69, 9.17) is 0 Å². The lowest BCUT2D eigenvalue weighted by Gasteiger charge is -2.44. The maximum atomic E-state index is 13.7. The molecule has 4 aromatic rings. The van der Waals surface area contributed by atoms with Crippen LogP contribution in [0.1, 0.15) is 142 Å². The van der Waals surface area contributed by atoms with Gasteiger partial charge < -0.3 is 5.32 Å². The number of benzene rings is 4. The zero-order valence-electron chi connectivity index (χ0n) is 33.5. The van der Waals surface area contributed by atoms with E-state index in [9.17, 15) is 17.6 Å². The van der Waals surface area contributed by atoms with Crippen LogP contribution in [0.4, 0.5) is 17.6 Å². The van der Waals surface area contributed by atoms with E-state index in [1.165, 1.54) is 190 Å². The second kappa shape index (κ2) is 27.2. The van der Waals surface area contributed by atoms with Gasteiger partial charge >= 0.3 is 0 Å². The smallest absolute Gasteiger partial charge is 0.122 e. The first-order chi connectivity index (χ1) is 26.4. The quantitative estimate of drug-likeness (QED) is 0.0374. The predicted octanol–water partition coefficient (Wildman–Crippen LogP) is 11.0. The molecule has 0 radical (unpaired) electrons. The number of nitrogens with two attached hydrogens (primary N) is 1. The molecule has 0 aliphatic rings. The Bertz CT molecular complexity index is 1280. The van der Waals surface area contributed by atoms with Crippen molar-refractivity contribution in [1.82, 2.24) is 0 Å². The van der Waals surface area contributed by atoms with Crippen molar-refractivity contribution in [2.75, 3.05) is 13.1 Å². The molecule has 0 unspecified atom stereocenters. The molecule has 0 bridgehead atoms. The summed E-state index contributed by atoms with van der Waals surface area (Å²) in [5.74, 6) is -1.57. The SMILES string of the molecule is CCCCCCCCCCCC[NH2+]CCCCCCCCCCCC.Fc1ccc([B-](c2ccc(F)cc2)(c2ccc(F)cc2)c2ccc(F)cc2)cc1. The Hall–Kier alpha value is -3.38. The molecule has 54 heavy (non-hydrogen) atoms. The number of hydrogen-bond acceptors (Lipinski definition) is 0. The van der Waals surface area contributed by atoms with Gasteiger partial charge in [0.1, 0.15) is 29.4 Å². The van der Waals surface area contributed by atoms with Crippen molar-refractivity contribution in [3.05, 3.63) is 120 Å². The molecule has 0 aliphatic heterocycles. The molecular weight excluding hydrogens is 677 g/mol. The largest absolute Gasteiger partial charge is 0.346 e. The lowest BCUT2D eigenvalue weighted by atomic mass is 9.13. The van der Waals surface area contributed by atoms with E-state index in [-0.39, 0.29) is 0 Å². The number of hydrogen-bond donors (Lipinski definition) is 1. The summed E-state index contributed by atoms with van der Waals surface area (Å²) in [6.45, 7) is 7.34. The monoisotopic (exact) mass is 746 g/mol. The van der Waals surface area contributed by atoms with E-state index in [0.717, 1.165) is 21.9 Å². The fraction of sp³-hybridized carbons (Fsp3) is 0.500. The summed E-state index contributed by atoms with van der Waals surface area (Å²) in [6, 6.07) is 24.1. The van der Waals surface area contributed by atoms with Crippen molar-refractivity contribution in [2.24, 2.45) is 0 Å². The molecule has 4 aromatic carbocycles. The average Bonchev–Trinajstić information content (AvgIpc) is 3.18. The minimum atomic E-state index is -1.94. The summed E-state index contributed by atoms with van der Waals surface area (Å²) in [5.41, 5.74) is 2.99. The van der Waals surface area contributed by atoms with E-state index in [1.807, 2.05) is 0 Å². The molecule has 0 atom stereocenters. The number of halogens is 4. The van der Waals surface area contributed by atoms with Crippen molar-refractivity contribution < 1.29 is 22.9 Å². The van der Waals surface area contributed by atoms with Crippen LogP contribution >= 0.6 is 0 Å². The first kappa shape index (κ1) is 45.0. The standard InChI is InChI=1S/C24H16BF4.C24H51N/c26-21-9-1-17(2-10-21)25(18-3-11-22(27)12-4-18,19-5-13-23(28)14-6-19)20-7-15-24(29)16-8-20;1-3-5-7-9-11-13-15-17-19-21-23-25-24-22-20-18-16-14-12-10-8-6-4-2/h1-16H;25H,3-24H2,1-2H3/q-1;/p+1. The van der Waals surface area contributed by atoms with Crippen LogP contribution in [-0.2, 0) is 0 Å². The summed E-state index contributed by atoms with van der Waals surface area (Å²) in [6.07, 6.45) is 27.2. The number of unbranched alkanes of at least 4 members (excludes halogenated alkanes) is 18. The summed E-state index contributed by atoms with van der Waals surface area (Å²) in [5, 5.41) is 2.56. The molecule has 0 aromatic heterocycles. The molecule has 0 heterocycles. The van der Waals surface area contributed by atoms with Crippen molar-refractivity contribution in [3.63, 3.8) is 0 Å². The molecule has 6 heteroatoms. The van der Waals surface area contributed by atoms with Crippen molar-refractivity contribution >= 4 is 28.0 Å². The molecule has 1 nitrogen and oxygen atoms in total. The van der Waals surface area contributed by atoms with Gasteiger partial charge in [-0.2, -0.15) is 21.9 Å². The van der Waals surface area contributed by atoms with Crippen LogP contribution in [-0.4, -0.2) is 19.2 Å². The Balaban J connectivity index is 0.000000295. The second-order valence-corrected chi connectivity index (χ2v) is 15.3. The van der Waals surface area contributed by atoms with E-state index >= 15 is 0 Å². The van der Waals surface area contributed by atoms with Crippen molar-refractivity contribution in [1.29, 1.82) is 0 Å². The molecule has 0 amide bonds. The third kappa shape index (κ3) is 16.2. The molecular formula is C48H68BF4N. The highest BCUT2D eigenvalue weighted by atomic mass is 19.1. The molecule has 296 valence electrons. The van der Waals surface area contributed by atoms with Crippen LogP contribution in [0.2, 0.25) is 0 Å². The van der Waals surface area contributed by atoms with Gasteiger partial charge in [0.2, 0.25) is 0 Å². The van der Waals surface area contributed by atoms with E-state index in [1.54, 1.807) is 48.5 Å². The van der Waals surface area contributed by atoms with Gasteiger partial charge in [0.25, 0.3) is 0 Å². The highest BCUT2D eigenvalue weighted by Crippen LogP contribution is 2.14. The van der Waals surface area contributed by atoms with Crippen LogP contribution in [0.25, 0.3) is 0 Å². The third-order valence-electron chi connectivity index (χ3n) is 11.0. The lowest BCUT2D eigenvalue weighted by Crippen LogP contribution is -2.84. The van der Waals surface area contributed by atoms with Gasteiger partial charge in [-0.1, -0.05) is 165 Å². The first-order valence-electron chi connectivity index (χ1n) is 21.4. The minimum Gasteiger partial charge on any atom is -0.346 e. The lowest BCUT2D eigenvalue weighted by molar-refractivity contribution is -0.655. The van der Waals surface area contributed by atoms with Gasteiger partial charge in [0, 0.05) is 0 Å². The number of rotatable bonds is 26. The topological polar surface area (TPSA) is 16.6 Å². The van der Waals surface area contributed by atoms with Gasteiger partial charge in [-0.15, -0.1) is 0 Å². The summed E-state index contributed by atoms with van der Waals surface area (Å²) < 4.78 is 54.8. The van der Waals surface area contributed by atoms with Gasteiger partial charge in [-0.05, 0) is 74.2 Å². The van der Waals surface area contributed by atoms with Crippen LogP contribution in [0, 0.1) is 23.3 Å². The Labute approximate surface area is 325 Å². The number of quaternary nitrogens is 1. The van der Waals surface area contributed by atoms with Gasteiger partial charge in [0.15, 0.2) is 0 Å². The Morgan fingerprint density at radius 2 is 0.519 bits per heavy atom. The fourth-order valence-electron chi connectivity index (χ4n) is 7.86. The van der Waals surface area contributed by atoms with Crippen molar-refractivity contribution in [3.8, 4) is 0 Å². The third-order valence-corrected chi connectivity index (χ3v) is 11.0. The molecule has 0 spiro atoms. The zero-order chi connectivity index (χ0) is 38.7. The van der Waals surface area contributed by atoms with Crippen molar-refractivity contribution in [2.45, 2.75) is 142 Å². The zero-order valence-corrected chi connectivity index (χ0v) is 33.5. The second-order valence-electron chi connectivity index (χ2n) is 15.3. The molecule has 0 fully saturated rings. The summed E-state index contributed by atoms with van der Waals surface area (Å²) in [7, 11) is 0.